The zero-order valence-corrected chi connectivity index (χ0v) is 4.86. The van der Waals surface area contributed by atoms with Gasteiger partial charge in [0.25, 0.3) is 0 Å². The van der Waals surface area contributed by atoms with Crippen LogP contribution >= 0.6 is 0 Å². The second-order valence-corrected chi connectivity index (χ2v) is 0. The number of hydrogen-bond donors (Lipinski definition) is 0. The van der Waals surface area contributed by atoms with Crippen molar-refractivity contribution < 1.29 is 45.6 Å². The molecule has 0 fully saturated rings. The summed E-state index contributed by atoms with van der Waals surface area (Å²) in [6.45, 7) is 2.00. The van der Waals surface area contributed by atoms with Gasteiger partial charge in [-0.1, -0.05) is 0 Å². The fourth-order valence-electron chi connectivity index (χ4n) is 0. The monoisotopic (exact) mass is 242 g/mol. The van der Waals surface area contributed by atoms with Gasteiger partial charge >= 0.3 is 0 Å². The molecule has 0 aromatic carbocycles. The van der Waals surface area contributed by atoms with E-state index in [4.69, 9.17) is 4.79 Å². The maximum atomic E-state index is 8.00. The molecule has 0 saturated carbocycles. The molecule has 0 rings (SSSR count). The van der Waals surface area contributed by atoms with E-state index < -0.39 is 0 Å². The van der Waals surface area contributed by atoms with Gasteiger partial charge in [-0.25, -0.2) is 0 Å². The standard InChI is InChI=1S/CH2O.2Pd/c1-2;;/h1H2;;. The molecule has 0 heterocycles. The van der Waals surface area contributed by atoms with Crippen molar-refractivity contribution in [2.45, 2.75) is 0 Å². The minimum Gasteiger partial charge on any atom is -0.307 e. The Hall–Kier alpha value is 0.995. The molecule has 1 nitrogen and oxygen atoms in total. The Kier molecular flexibility index (Phi) is 181. The van der Waals surface area contributed by atoms with Crippen molar-refractivity contribution in [2.75, 3.05) is 0 Å². The number of hydrogen-bond acceptors (Lipinski definition) is 1. The van der Waals surface area contributed by atoms with E-state index in [2.05, 4.69) is 0 Å². The molecule has 0 unspecified atom stereocenters. The van der Waals surface area contributed by atoms with Crippen LogP contribution in [0.2, 0.25) is 0 Å². The Bertz CT molecular complexity index is 6.00. The number of rotatable bonds is 0. The maximum Gasteiger partial charge on any atom is 0.106 e. The molecule has 0 spiro atoms. The molecular formula is CH2OPd2. The number of carbonyl (C=O) groups excluding carboxylic acids is 1. The normalized spacial score (nSPS) is 1.00. The Balaban J connectivity index is -0.00000000500. The smallest absolute Gasteiger partial charge is 0.106 e. The van der Waals surface area contributed by atoms with Crippen molar-refractivity contribution in [3.05, 3.63) is 0 Å². The van der Waals surface area contributed by atoms with E-state index >= 15 is 0 Å². The van der Waals surface area contributed by atoms with E-state index in [0.29, 0.717) is 0 Å². The predicted octanol–water partition coefficient (Wildman–Crippen LogP) is -0.190. The fourth-order valence-corrected chi connectivity index (χ4v) is 0. The summed E-state index contributed by atoms with van der Waals surface area (Å²) in [5.41, 5.74) is 0. The zero-order valence-electron chi connectivity index (χ0n) is 1.75. The van der Waals surface area contributed by atoms with Crippen molar-refractivity contribution in [3.63, 3.8) is 0 Å². The second-order valence-electron chi connectivity index (χ2n) is 0. The summed E-state index contributed by atoms with van der Waals surface area (Å²) in [6, 6.07) is 0. The molecule has 32 valence electrons. The van der Waals surface area contributed by atoms with Crippen LogP contribution in [-0.4, -0.2) is 6.79 Å². The third-order valence-corrected chi connectivity index (χ3v) is 0. The summed E-state index contributed by atoms with van der Waals surface area (Å²) < 4.78 is 0. The first-order valence-corrected chi connectivity index (χ1v) is 0.289. The van der Waals surface area contributed by atoms with Crippen LogP contribution in [0.3, 0.4) is 0 Å². The van der Waals surface area contributed by atoms with Gasteiger partial charge in [0, 0.05) is 40.8 Å². The molecule has 0 aromatic heterocycles. The van der Waals surface area contributed by atoms with Crippen molar-refractivity contribution in [2.24, 2.45) is 0 Å². The van der Waals surface area contributed by atoms with Gasteiger partial charge in [0.15, 0.2) is 0 Å². The first kappa shape index (κ1) is 20.0. The Morgan fingerprint density at radius 2 is 1.00 bits per heavy atom. The fraction of sp³-hybridized carbons (Fsp3) is 0. The van der Waals surface area contributed by atoms with E-state index in [1.165, 1.54) is 0 Å². The van der Waals surface area contributed by atoms with Crippen LogP contribution in [0.5, 0.6) is 0 Å². The summed E-state index contributed by atoms with van der Waals surface area (Å²) in [6.07, 6.45) is 0. The van der Waals surface area contributed by atoms with Crippen LogP contribution in [0.15, 0.2) is 0 Å². The van der Waals surface area contributed by atoms with Crippen LogP contribution in [-0.2, 0) is 45.6 Å². The molecule has 3 heteroatoms. The van der Waals surface area contributed by atoms with Gasteiger partial charge in [-0.2, -0.15) is 0 Å². The van der Waals surface area contributed by atoms with Gasteiger partial charge in [-0.3, -0.25) is 0 Å². The SMILES string of the molecule is C=O.[Pd].[Pd]. The Morgan fingerprint density at radius 3 is 1.00 bits per heavy atom. The topological polar surface area (TPSA) is 17.1 Å². The van der Waals surface area contributed by atoms with Crippen molar-refractivity contribution in [3.8, 4) is 0 Å². The second kappa shape index (κ2) is 36.2. The molecule has 0 N–H and O–H groups in total. The number of carbonyl (C=O) groups is 1. The average molecular weight is 243 g/mol. The molecule has 0 aromatic rings. The average Bonchev–Trinajstić information content (AvgIpc) is 1.00. The van der Waals surface area contributed by atoms with Gasteiger partial charge in [-0.05, 0) is 0 Å². The third kappa shape index (κ3) is 12.0. The van der Waals surface area contributed by atoms with Gasteiger partial charge < -0.3 is 4.79 Å². The zero-order chi connectivity index (χ0) is 2.00. The van der Waals surface area contributed by atoms with E-state index in [1.54, 1.807) is 0 Å². The molecule has 0 amide bonds. The first-order valence-electron chi connectivity index (χ1n) is 0.289. The quantitative estimate of drug-likeness (QED) is 0.539. The summed E-state index contributed by atoms with van der Waals surface area (Å²) >= 11 is 0. The molecule has 0 saturated heterocycles. The van der Waals surface area contributed by atoms with Gasteiger partial charge in [-0.15, -0.1) is 0 Å². The minimum absolute atomic E-state index is 0. The van der Waals surface area contributed by atoms with Crippen molar-refractivity contribution in [1.29, 1.82) is 0 Å². The van der Waals surface area contributed by atoms with Crippen LogP contribution in [0.1, 0.15) is 0 Å². The Labute approximate surface area is 52.5 Å². The van der Waals surface area contributed by atoms with Gasteiger partial charge in [0.1, 0.15) is 6.79 Å². The molecule has 0 radical (unpaired) electrons. The molecule has 0 aliphatic carbocycles. The van der Waals surface area contributed by atoms with E-state index in [-0.39, 0.29) is 40.8 Å². The maximum absolute atomic E-state index is 8.00. The van der Waals surface area contributed by atoms with Crippen molar-refractivity contribution in [1.82, 2.24) is 0 Å². The van der Waals surface area contributed by atoms with Crippen molar-refractivity contribution >= 4 is 6.79 Å². The summed E-state index contributed by atoms with van der Waals surface area (Å²) in [7, 11) is 0. The molecular weight excluding hydrogens is 241 g/mol. The van der Waals surface area contributed by atoms with Gasteiger partial charge in [0.05, 0.1) is 0 Å². The molecule has 4 heavy (non-hydrogen) atoms. The molecule has 0 bridgehead atoms. The van der Waals surface area contributed by atoms with Crippen LogP contribution in [0.25, 0.3) is 0 Å². The van der Waals surface area contributed by atoms with Gasteiger partial charge in [0.2, 0.25) is 0 Å². The summed E-state index contributed by atoms with van der Waals surface area (Å²) in [5.74, 6) is 0. The van der Waals surface area contributed by atoms with E-state index in [9.17, 15) is 0 Å². The van der Waals surface area contributed by atoms with Crippen LogP contribution in [0.4, 0.5) is 0 Å². The summed E-state index contributed by atoms with van der Waals surface area (Å²) in [5, 5.41) is 0. The largest absolute Gasteiger partial charge is 0.307 e. The summed E-state index contributed by atoms with van der Waals surface area (Å²) in [4.78, 5) is 8.00. The predicted molar refractivity (Wildman–Crippen MR) is 7.12 cm³/mol. The molecule has 0 atom stereocenters. The van der Waals surface area contributed by atoms with Crippen LogP contribution in [0, 0.1) is 0 Å². The minimum atomic E-state index is 0. The molecule has 0 aliphatic rings. The van der Waals surface area contributed by atoms with E-state index in [0.717, 1.165) is 0 Å². The van der Waals surface area contributed by atoms with Crippen LogP contribution < -0.4 is 0 Å². The first-order chi connectivity index (χ1) is 1.00. The van der Waals surface area contributed by atoms with E-state index in [1.807, 2.05) is 6.79 Å². The molecule has 0 aliphatic heterocycles. The Morgan fingerprint density at radius 1 is 1.00 bits per heavy atom. The third-order valence-electron chi connectivity index (χ3n) is 0.